The molecule has 1 amide bonds. The predicted octanol–water partition coefficient (Wildman–Crippen LogP) is 9.79. The molecule has 1 aromatic rings. The Morgan fingerprint density at radius 1 is 0.841 bits per heavy atom. The number of phenols is 1. The third kappa shape index (κ3) is 14.7. The van der Waals surface area contributed by atoms with Crippen molar-refractivity contribution in [2.45, 2.75) is 162 Å². The van der Waals surface area contributed by atoms with Gasteiger partial charge in [-0.25, -0.2) is 0 Å². The summed E-state index contributed by atoms with van der Waals surface area (Å²) < 4.78 is 0. The third-order valence-electron chi connectivity index (χ3n) is 8.82. The van der Waals surface area contributed by atoms with Crippen LogP contribution in [-0.4, -0.2) is 47.9 Å². The smallest absolute Gasteiger partial charge is 0.220 e. The van der Waals surface area contributed by atoms with E-state index in [1.807, 2.05) is 0 Å². The maximum atomic E-state index is 12.7. The van der Waals surface area contributed by atoms with Crippen LogP contribution in [0.4, 0.5) is 0 Å². The molecule has 44 heavy (non-hydrogen) atoms. The van der Waals surface area contributed by atoms with E-state index < -0.39 is 0 Å². The van der Waals surface area contributed by atoms with Gasteiger partial charge in [-0.2, -0.15) is 0 Å². The van der Waals surface area contributed by atoms with Gasteiger partial charge in [0.05, 0.1) is 12.4 Å². The minimum atomic E-state index is -0.165. The molecule has 0 atom stereocenters. The van der Waals surface area contributed by atoms with Gasteiger partial charge in [-0.15, -0.1) is 0 Å². The number of aryl methyl sites for hydroxylation is 1. The Balaban J connectivity index is 1.60. The molecular formula is C39H67N3O2. The number of allylic oxidation sites excluding steroid dienone is 2. The van der Waals surface area contributed by atoms with Crippen molar-refractivity contribution in [3.05, 3.63) is 41.0 Å². The number of amides is 1. The average Bonchev–Trinajstić information content (AvgIpc) is 3.40. The number of phenolic OH excluding ortho intramolecular Hbond substituents is 1. The first kappa shape index (κ1) is 37.9. The van der Waals surface area contributed by atoms with Crippen molar-refractivity contribution < 1.29 is 9.90 Å². The van der Waals surface area contributed by atoms with E-state index in [2.05, 4.69) is 83.0 Å². The van der Waals surface area contributed by atoms with E-state index in [4.69, 9.17) is 4.99 Å². The van der Waals surface area contributed by atoms with Crippen molar-refractivity contribution >= 4 is 11.7 Å². The van der Waals surface area contributed by atoms with Gasteiger partial charge in [0.1, 0.15) is 5.75 Å². The van der Waals surface area contributed by atoms with Crippen LogP contribution < -0.4 is 5.32 Å². The molecule has 0 fully saturated rings. The molecule has 0 radical (unpaired) electrons. The van der Waals surface area contributed by atoms with Gasteiger partial charge in [0.2, 0.25) is 5.91 Å². The molecule has 0 bridgehead atoms. The van der Waals surface area contributed by atoms with E-state index >= 15 is 0 Å². The standard InChI is InChI=1S/C39H67N3O2/c1-8-9-10-11-12-13-14-15-16-17-18-19-20-21-22-23-35-40-26-28-42(35)29-27-41-36(43)25-24-32-30-33(38(2,3)4)37(44)34(31-32)39(5,6)7/h15-16,30-31,44H,8-14,17-29H2,1-7H3,(H,41,43)/b16-15+. The van der Waals surface area contributed by atoms with Crippen LogP contribution >= 0.6 is 0 Å². The summed E-state index contributed by atoms with van der Waals surface area (Å²) in [7, 11) is 0. The fourth-order valence-electron chi connectivity index (χ4n) is 6.02. The van der Waals surface area contributed by atoms with E-state index in [1.54, 1.807) is 0 Å². The number of benzene rings is 1. The highest BCUT2D eigenvalue weighted by molar-refractivity contribution is 5.83. The topological polar surface area (TPSA) is 64.9 Å². The van der Waals surface area contributed by atoms with Crippen molar-refractivity contribution in [1.29, 1.82) is 0 Å². The van der Waals surface area contributed by atoms with Crippen molar-refractivity contribution in [2.24, 2.45) is 4.99 Å². The summed E-state index contributed by atoms with van der Waals surface area (Å²) in [6.07, 6.45) is 24.2. The average molecular weight is 610 g/mol. The Morgan fingerprint density at radius 2 is 1.39 bits per heavy atom. The zero-order valence-corrected chi connectivity index (χ0v) is 29.7. The number of aromatic hydroxyl groups is 1. The summed E-state index contributed by atoms with van der Waals surface area (Å²) in [5, 5.41) is 14.1. The number of carbonyl (C=O) groups is 1. The highest BCUT2D eigenvalue weighted by Gasteiger charge is 2.26. The van der Waals surface area contributed by atoms with Crippen molar-refractivity contribution in [2.75, 3.05) is 26.2 Å². The van der Waals surface area contributed by atoms with Gasteiger partial charge >= 0.3 is 0 Å². The van der Waals surface area contributed by atoms with Gasteiger partial charge in [-0.1, -0.05) is 124 Å². The summed E-state index contributed by atoms with van der Waals surface area (Å²) in [6.45, 7) is 18.3. The van der Waals surface area contributed by atoms with Crippen LogP contribution in [-0.2, 0) is 22.0 Å². The Bertz CT molecular complexity index is 994. The molecule has 250 valence electrons. The number of aliphatic imine (C=N–C) groups is 1. The SMILES string of the molecule is CCCCCCCC/C=C/CCCCCCCC1=NCCN1CCNC(=O)CCc1cc(C(C)(C)C)c(O)c(C(C)(C)C)c1. The molecule has 1 aromatic carbocycles. The lowest BCUT2D eigenvalue weighted by molar-refractivity contribution is -0.121. The lowest BCUT2D eigenvalue weighted by Gasteiger charge is -2.28. The van der Waals surface area contributed by atoms with Gasteiger partial charge < -0.3 is 15.3 Å². The Morgan fingerprint density at radius 3 is 1.95 bits per heavy atom. The molecule has 2 rings (SSSR count). The molecule has 0 aromatic heterocycles. The minimum Gasteiger partial charge on any atom is -0.507 e. The van der Waals surface area contributed by atoms with Gasteiger partial charge in [0, 0.05) is 32.5 Å². The van der Waals surface area contributed by atoms with Crippen molar-refractivity contribution in [3.63, 3.8) is 0 Å². The summed E-state index contributed by atoms with van der Waals surface area (Å²) in [4.78, 5) is 19.8. The van der Waals surface area contributed by atoms with Crippen LogP contribution in [0.5, 0.6) is 5.75 Å². The fourth-order valence-corrected chi connectivity index (χ4v) is 6.02. The predicted molar refractivity (Wildman–Crippen MR) is 190 cm³/mol. The maximum absolute atomic E-state index is 12.7. The highest BCUT2D eigenvalue weighted by Crippen LogP contribution is 2.40. The van der Waals surface area contributed by atoms with Crippen LogP contribution in [0, 0.1) is 0 Å². The summed E-state index contributed by atoms with van der Waals surface area (Å²) >= 11 is 0. The van der Waals surface area contributed by atoms with E-state index in [0.29, 0.717) is 25.1 Å². The lowest BCUT2D eigenvalue weighted by atomic mass is 9.78. The number of nitrogens with one attached hydrogen (secondary N) is 1. The Kier molecular flexibility index (Phi) is 17.2. The second-order valence-electron chi connectivity index (χ2n) is 15.0. The molecule has 2 N–H and O–H groups in total. The van der Waals surface area contributed by atoms with Crippen LogP contribution in [0.1, 0.15) is 161 Å². The first-order valence-electron chi connectivity index (χ1n) is 18.0. The number of carbonyl (C=O) groups excluding carboxylic acids is 1. The molecule has 0 unspecified atom stereocenters. The van der Waals surface area contributed by atoms with Crippen molar-refractivity contribution in [1.82, 2.24) is 10.2 Å². The molecule has 0 aliphatic carbocycles. The number of unbranched alkanes of at least 4 members (excludes halogenated alkanes) is 11. The van der Waals surface area contributed by atoms with E-state index in [1.165, 1.54) is 89.3 Å². The maximum Gasteiger partial charge on any atom is 0.220 e. The first-order chi connectivity index (χ1) is 20.9. The molecule has 0 saturated heterocycles. The van der Waals surface area contributed by atoms with Gasteiger partial charge in [0.15, 0.2) is 0 Å². The Labute approximate surface area is 271 Å². The molecule has 5 heteroatoms. The minimum absolute atomic E-state index is 0.0858. The van der Waals surface area contributed by atoms with Gasteiger partial charge in [-0.3, -0.25) is 9.79 Å². The molecule has 5 nitrogen and oxygen atoms in total. The van der Waals surface area contributed by atoms with Crippen LogP contribution in [0.15, 0.2) is 29.3 Å². The third-order valence-corrected chi connectivity index (χ3v) is 8.82. The first-order valence-corrected chi connectivity index (χ1v) is 18.0. The largest absolute Gasteiger partial charge is 0.507 e. The molecule has 1 heterocycles. The van der Waals surface area contributed by atoms with Crippen molar-refractivity contribution in [3.8, 4) is 5.75 Å². The quantitative estimate of drug-likeness (QED) is 0.108. The molecular weight excluding hydrogens is 542 g/mol. The zero-order valence-electron chi connectivity index (χ0n) is 29.7. The summed E-state index contributed by atoms with van der Waals surface area (Å²) in [5.74, 6) is 1.70. The summed E-state index contributed by atoms with van der Waals surface area (Å²) in [5.41, 5.74) is 2.68. The monoisotopic (exact) mass is 610 g/mol. The highest BCUT2D eigenvalue weighted by atomic mass is 16.3. The van der Waals surface area contributed by atoms with Gasteiger partial charge in [-0.05, 0) is 66.0 Å². The number of nitrogens with zero attached hydrogens (tertiary/aromatic N) is 2. The zero-order chi connectivity index (χ0) is 32.4. The van der Waals surface area contributed by atoms with Crippen LogP contribution in [0.3, 0.4) is 0 Å². The Hall–Kier alpha value is -2.30. The van der Waals surface area contributed by atoms with E-state index in [-0.39, 0.29) is 16.7 Å². The van der Waals surface area contributed by atoms with Crippen LogP contribution in [0.25, 0.3) is 0 Å². The number of hydrogen-bond acceptors (Lipinski definition) is 4. The second kappa shape index (κ2) is 20.0. The normalized spacial score (nSPS) is 14.1. The fraction of sp³-hybridized carbons (Fsp3) is 0.744. The van der Waals surface area contributed by atoms with Crippen LogP contribution in [0.2, 0.25) is 0 Å². The molecule has 1 aliphatic rings. The van der Waals surface area contributed by atoms with E-state index in [9.17, 15) is 9.90 Å². The number of amidine groups is 1. The van der Waals surface area contributed by atoms with Gasteiger partial charge in [0.25, 0.3) is 0 Å². The van der Waals surface area contributed by atoms with E-state index in [0.717, 1.165) is 42.7 Å². The summed E-state index contributed by atoms with van der Waals surface area (Å²) in [6, 6.07) is 4.17. The molecule has 0 spiro atoms. The number of hydrogen-bond donors (Lipinski definition) is 2. The number of rotatable bonds is 21. The lowest BCUT2D eigenvalue weighted by Crippen LogP contribution is -2.37. The second-order valence-corrected chi connectivity index (χ2v) is 15.0. The molecule has 1 aliphatic heterocycles. The molecule has 0 saturated carbocycles.